The first kappa shape index (κ1) is 9.64. The first-order valence-electron chi connectivity index (χ1n) is 4.96. The summed E-state index contributed by atoms with van der Waals surface area (Å²) in [5, 5.41) is 4.55. The van der Waals surface area contributed by atoms with Gasteiger partial charge in [-0.2, -0.15) is 9.78 Å². The molecule has 7 nitrogen and oxygen atoms in total. The summed E-state index contributed by atoms with van der Waals surface area (Å²) in [6.45, 7) is 1.86. The van der Waals surface area contributed by atoms with E-state index >= 15 is 0 Å². The second kappa shape index (κ2) is 3.48. The summed E-state index contributed by atoms with van der Waals surface area (Å²) in [5.74, 6) is 0.589. The van der Waals surface area contributed by atoms with Crippen molar-refractivity contribution in [2.24, 2.45) is 0 Å². The van der Waals surface area contributed by atoms with E-state index in [0.29, 0.717) is 16.9 Å². The Kier molecular flexibility index (Phi) is 1.97. The van der Waals surface area contributed by atoms with Crippen molar-refractivity contribution in [2.45, 2.75) is 6.92 Å². The van der Waals surface area contributed by atoms with E-state index in [1.165, 1.54) is 23.5 Å². The number of nitrogens with one attached hydrogen (secondary N) is 1. The van der Waals surface area contributed by atoms with Crippen LogP contribution in [0.2, 0.25) is 0 Å². The lowest BCUT2D eigenvalue weighted by atomic mass is 10.4. The minimum absolute atomic E-state index is 0.216. The van der Waals surface area contributed by atoms with Crippen LogP contribution in [0.15, 0.2) is 29.7 Å². The first-order valence-corrected chi connectivity index (χ1v) is 4.96. The predicted octanol–water partition coefficient (Wildman–Crippen LogP) is 0.207. The lowest BCUT2D eigenvalue weighted by Gasteiger charge is -2.01. The molecule has 0 saturated heterocycles. The molecule has 0 fully saturated rings. The van der Waals surface area contributed by atoms with Crippen molar-refractivity contribution in [3.05, 3.63) is 41.0 Å². The van der Waals surface area contributed by atoms with Crippen LogP contribution in [0.3, 0.4) is 0 Å². The summed E-state index contributed by atoms with van der Waals surface area (Å²) >= 11 is 0. The Hall–Kier alpha value is -2.57. The highest BCUT2D eigenvalue weighted by atomic mass is 16.1. The zero-order valence-corrected chi connectivity index (χ0v) is 8.95. The third-order valence-corrected chi connectivity index (χ3v) is 2.38. The molecule has 17 heavy (non-hydrogen) atoms. The normalized spacial score (nSPS) is 10.9. The van der Waals surface area contributed by atoms with Gasteiger partial charge < -0.3 is 4.98 Å². The Labute approximate surface area is 95.2 Å². The summed E-state index contributed by atoms with van der Waals surface area (Å²) in [6, 6.07) is 1.77. The molecule has 0 bridgehead atoms. The van der Waals surface area contributed by atoms with Crippen LogP contribution in [-0.4, -0.2) is 29.7 Å². The maximum absolute atomic E-state index is 11.5. The molecular weight excluding hydrogens is 220 g/mol. The summed E-state index contributed by atoms with van der Waals surface area (Å²) in [7, 11) is 0. The van der Waals surface area contributed by atoms with Gasteiger partial charge in [-0.15, -0.1) is 0 Å². The smallest absolute Gasteiger partial charge is 0.261 e. The molecule has 3 aromatic heterocycles. The second-order valence-corrected chi connectivity index (χ2v) is 3.54. The third kappa shape index (κ3) is 1.48. The number of H-pyrrole nitrogens is 1. The lowest BCUT2D eigenvalue weighted by molar-refractivity contribution is 0.848. The number of nitrogens with zero attached hydrogens (tertiary/aromatic N) is 5. The SMILES string of the molecule is Cc1cc(-n2ncc3c(=O)[nH]cnc32)ncn1. The van der Waals surface area contributed by atoms with Crippen LogP contribution in [0.1, 0.15) is 5.69 Å². The molecule has 0 atom stereocenters. The van der Waals surface area contributed by atoms with Crippen molar-refractivity contribution >= 4 is 11.0 Å². The number of hydrogen-bond donors (Lipinski definition) is 1. The summed E-state index contributed by atoms with van der Waals surface area (Å²) in [6.07, 6.45) is 4.26. The summed E-state index contributed by atoms with van der Waals surface area (Å²) < 4.78 is 1.51. The predicted molar refractivity (Wildman–Crippen MR) is 59.8 cm³/mol. The molecular formula is C10H8N6O. The third-order valence-electron chi connectivity index (χ3n) is 2.38. The Morgan fingerprint density at radius 2 is 2.18 bits per heavy atom. The van der Waals surface area contributed by atoms with Crippen LogP contribution in [0, 0.1) is 6.92 Å². The average Bonchev–Trinajstić information content (AvgIpc) is 2.74. The molecule has 3 aromatic rings. The molecule has 3 heterocycles. The Morgan fingerprint density at radius 3 is 3.00 bits per heavy atom. The zero-order valence-electron chi connectivity index (χ0n) is 8.95. The second-order valence-electron chi connectivity index (χ2n) is 3.54. The number of hydrogen-bond acceptors (Lipinski definition) is 5. The van der Waals surface area contributed by atoms with Gasteiger partial charge in [-0.1, -0.05) is 0 Å². The van der Waals surface area contributed by atoms with E-state index in [1.54, 1.807) is 6.07 Å². The van der Waals surface area contributed by atoms with Crippen molar-refractivity contribution in [2.75, 3.05) is 0 Å². The molecule has 0 radical (unpaired) electrons. The standard InChI is InChI=1S/C10H8N6O/c1-6-2-8(12-4-11-6)16-9-7(3-15-16)10(17)14-5-13-9/h2-5H,1H3,(H,13,14,17). The number of rotatable bonds is 1. The van der Waals surface area contributed by atoms with E-state index in [9.17, 15) is 4.79 Å². The van der Waals surface area contributed by atoms with Crippen LogP contribution in [0.25, 0.3) is 16.9 Å². The van der Waals surface area contributed by atoms with Gasteiger partial charge >= 0.3 is 0 Å². The van der Waals surface area contributed by atoms with Gasteiger partial charge in [-0.3, -0.25) is 4.79 Å². The van der Waals surface area contributed by atoms with Gasteiger partial charge in [0.15, 0.2) is 11.5 Å². The molecule has 0 aliphatic rings. The van der Waals surface area contributed by atoms with Crippen LogP contribution < -0.4 is 5.56 Å². The molecule has 0 aliphatic carbocycles. The fourth-order valence-corrected chi connectivity index (χ4v) is 1.58. The Balaban J connectivity index is 2.32. The fourth-order valence-electron chi connectivity index (χ4n) is 1.58. The molecule has 0 aliphatic heterocycles. The largest absolute Gasteiger partial charge is 0.312 e. The minimum Gasteiger partial charge on any atom is -0.312 e. The van der Waals surface area contributed by atoms with E-state index < -0.39 is 0 Å². The topological polar surface area (TPSA) is 89.4 Å². The van der Waals surface area contributed by atoms with Crippen molar-refractivity contribution < 1.29 is 0 Å². The van der Waals surface area contributed by atoms with Crippen molar-refractivity contribution in [1.82, 2.24) is 29.7 Å². The van der Waals surface area contributed by atoms with Crippen molar-refractivity contribution in [1.29, 1.82) is 0 Å². The Morgan fingerprint density at radius 1 is 1.29 bits per heavy atom. The van der Waals surface area contributed by atoms with Crippen LogP contribution >= 0.6 is 0 Å². The maximum Gasteiger partial charge on any atom is 0.261 e. The molecule has 0 unspecified atom stereocenters. The molecule has 0 amide bonds. The molecule has 7 heteroatoms. The van der Waals surface area contributed by atoms with E-state index in [-0.39, 0.29) is 5.56 Å². The van der Waals surface area contributed by atoms with Crippen molar-refractivity contribution in [3.8, 4) is 5.82 Å². The van der Waals surface area contributed by atoms with Crippen molar-refractivity contribution in [3.63, 3.8) is 0 Å². The number of aryl methyl sites for hydroxylation is 1. The summed E-state index contributed by atoms with van der Waals surface area (Å²) in [4.78, 5) is 26.2. The molecule has 0 aromatic carbocycles. The summed E-state index contributed by atoms with van der Waals surface area (Å²) in [5.41, 5.74) is 1.09. The highest BCUT2D eigenvalue weighted by Gasteiger charge is 2.09. The molecule has 3 rings (SSSR count). The van der Waals surface area contributed by atoms with E-state index in [4.69, 9.17) is 0 Å². The van der Waals surface area contributed by atoms with Gasteiger partial charge in [-0.25, -0.2) is 15.0 Å². The lowest BCUT2D eigenvalue weighted by Crippen LogP contribution is -2.07. The van der Waals surface area contributed by atoms with Crippen LogP contribution in [0.5, 0.6) is 0 Å². The highest BCUT2D eigenvalue weighted by molar-refractivity contribution is 5.74. The Bertz CT molecular complexity index is 744. The van der Waals surface area contributed by atoms with Gasteiger partial charge in [0.05, 0.1) is 12.5 Å². The quantitative estimate of drug-likeness (QED) is 0.643. The van der Waals surface area contributed by atoms with Gasteiger partial charge in [-0.05, 0) is 6.92 Å². The van der Waals surface area contributed by atoms with E-state index in [2.05, 4.69) is 25.0 Å². The van der Waals surface area contributed by atoms with Gasteiger partial charge in [0.2, 0.25) is 0 Å². The highest BCUT2D eigenvalue weighted by Crippen LogP contribution is 2.10. The number of aromatic nitrogens is 6. The molecule has 0 saturated carbocycles. The molecule has 1 N–H and O–H groups in total. The fraction of sp³-hybridized carbons (Fsp3) is 0.100. The van der Waals surface area contributed by atoms with Gasteiger partial charge in [0.1, 0.15) is 11.7 Å². The van der Waals surface area contributed by atoms with Gasteiger partial charge in [0.25, 0.3) is 5.56 Å². The first-order chi connectivity index (χ1) is 8.25. The van der Waals surface area contributed by atoms with E-state index in [0.717, 1.165) is 5.69 Å². The van der Waals surface area contributed by atoms with Crippen LogP contribution in [0.4, 0.5) is 0 Å². The maximum atomic E-state index is 11.5. The molecule has 0 spiro atoms. The van der Waals surface area contributed by atoms with E-state index in [1.807, 2.05) is 6.92 Å². The zero-order chi connectivity index (χ0) is 11.8. The van der Waals surface area contributed by atoms with Gasteiger partial charge in [0, 0.05) is 11.8 Å². The monoisotopic (exact) mass is 228 g/mol. The number of fused-ring (bicyclic) bond motifs is 1. The minimum atomic E-state index is -0.216. The average molecular weight is 228 g/mol. The van der Waals surface area contributed by atoms with Crippen LogP contribution in [-0.2, 0) is 0 Å². The molecule has 84 valence electrons. The number of aromatic amines is 1.